The number of aryl methyl sites for hydroxylation is 1. The maximum Gasteiger partial charge on any atom is 0.265 e. The molecule has 0 saturated heterocycles. The number of hydrogen-bond donors (Lipinski definition) is 3. The Balaban J connectivity index is 1.74. The van der Waals surface area contributed by atoms with Crippen LogP contribution in [0.5, 0.6) is 0 Å². The van der Waals surface area contributed by atoms with E-state index in [1.54, 1.807) is 6.92 Å². The van der Waals surface area contributed by atoms with Crippen molar-refractivity contribution in [2.75, 3.05) is 5.32 Å². The molecule has 3 aromatic carbocycles. The maximum absolute atomic E-state index is 13.0. The predicted molar refractivity (Wildman–Crippen MR) is 120 cm³/mol. The van der Waals surface area contributed by atoms with Gasteiger partial charge >= 0.3 is 0 Å². The van der Waals surface area contributed by atoms with Crippen molar-refractivity contribution in [3.63, 3.8) is 0 Å². The van der Waals surface area contributed by atoms with Crippen LogP contribution in [0.2, 0.25) is 5.02 Å². The topological polar surface area (TPSA) is 70.6 Å². The first-order chi connectivity index (χ1) is 13.8. The number of halogens is 1. The molecule has 1 heterocycles. The highest BCUT2D eigenvalue weighted by Gasteiger charge is 2.26. The number of guanidine groups is 1. The van der Waals surface area contributed by atoms with Crippen LogP contribution in [-0.4, -0.2) is 14.4 Å². The number of sulfonamides is 1. The standard InChI is InChI=1S/C21H18ClN3O2S2/c1-13-11-19(18(28)12-16(13)22)29(26,27)25-21-23-17-10-6-5-9-15(17)20(24-21)14-7-3-2-4-8-14/h2-12,20,28H,1H3,(H2,23,24,25). The quantitative estimate of drug-likeness (QED) is 0.510. The first-order valence-corrected chi connectivity index (χ1v) is 11.2. The zero-order chi connectivity index (χ0) is 20.6. The van der Waals surface area contributed by atoms with Crippen molar-refractivity contribution in [3.8, 4) is 0 Å². The molecule has 1 aliphatic rings. The van der Waals surface area contributed by atoms with E-state index in [0.29, 0.717) is 10.6 Å². The van der Waals surface area contributed by atoms with Crippen molar-refractivity contribution in [1.82, 2.24) is 4.72 Å². The summed E-state index contributed by atoms with van der Waals surface area (Å²) in [5.74, 6) is 0.151. The molecule has 1 unspecified atom stereocenters. The van der Waals surface area contributed by atoms with E-state index < -0.39 is 10.0 Å². The van der Waals surface area contributed by atoms with E-state index in [2.05, 4.69) is 27.7 Å². The number of benzene rings is 3. The lowest BCUT2D eigenvalue weighted by molar-refractivity contribution is 0.590. The molecule has 3 aromatic rings. The van der Waals surface area contributed by atoms with Crippen LogP contribution in [-0.2, 0) is 10.0 Å². The summed E-state index contributed by atoms with van der Waals surface area (Å²) >= 11 is 10.4. The molecule has 148 valence electrons. The minimum Gasteiger partial charge on any atom is -0.325 e. The number of hydrogen-bond acceptors (Lipinski definition) is 5. The summed E-state index contributed by atoms with van der Waals surface area (Å²) in [6.07, 6.45) is 0. The lowest BCUT2D eigenvalue weighted by Crippen LogP contribution is -2.38. The van der Waals surface area contributed by atoms with Crippen LogP contribution in [0.4, 0.5) is 5.69 Å². The Hall–Kier alpha value is -2.48. The third-order valence-corrected chi connectivity index (χ3v) is 6.95. The normalized spacial score (nSPS) is 15.8. The average Bonchev–Trinajstić information content (AvgIpc) is 2.70. The summed E-state index contributed by atoms with van der Waals surface area (Å²) in [5, 5.41) is 3.54. The van der Waals surface area contributed by atoms with Crippen LogP contribution in [0.1, 0.15) is 22.7 Å². The van der Waals surface area contributed by atoms with Crippen LogP contribution < -0.4 is 10.0 Å². The van der Waals surface area contributed by atoms with Crippen LogP contribution >= 0.6 is 24.2 Å². The van der Waals surface area contributed by atoms with Gasteiger partial charge in [-0.25, -0.2) is 18.1 Å². The van der Waals surface area contributed by atoms with Gasteiger partial charge in [-0.05, 0) is 36.2 Å². The molecule has 0 spiro atoms. The summed E-state index contributed by atoms with van der Waals surface area (Å²) < 4.78 is 28.6. The molecule has 29 heavy (non-hydrogen) atoms. The van der Waals surface area contributed by atoms with Gasteiger partial charge in [-0.2, -0.15) is 0 Å². The van der Waals surface area contributed by atoms with Crippen molar-refractivity contribution in [3.05, 3.63) is 88.4 Å². The summed E-state index contributed by atoms with van der Waals surface area (Å²) in [7, 11) is -3.92. The second kappa shape index (κ2) is 7.74. The highest BCUT2D eigenvalue weighted by atomic mass is 35.5. The fourth-order valence-electron chi connectivity index (χ4n) is 3.19. The first-order valence-electron chi connectivity index (χ1n) is 8.86. The molecule has 4 rings (SSSR count). The number of para-hydroxylation sites is 1. The monoisotopic (exact) mass is 443 g/mol. The number of nitrogens with one attached hydrogen (secondary N) is 2. The molecule has 0 fully saturated rings. The SMILES string of the molecule is Cc1cc(S(=O)(=O)NC2=NC(c3ccccc3)c3ccccc3N2)c(S)cc1Cl. The van der Waals surface area contributed by atoms with Gasteiger partial charge < -0.3 is 5.32 Å². The molecule has 2 N–H and O–H groups in total. The highest BCUT2D eigenvalue weighted by Crippen LogP contribution is 2.35. The predicted octanol–water partition coefficient (Wildman–Crippen LogP) is 4.79. The molecule has 1 aliphatic heterocycles. The van der Waals surface area contributed by atoms with Crippen LogP contribution in [0, 0.1) is 6.92 Å². The number of anilines is 1. The van der Waals surface area contributed by atoms with E-state index >= 15 is 0 Å². The van der Waals surface area contributed by atoms with Crippen LogP contribution in [0.3, 0.4) is 0 Å². The van der Waals surface area contributed by atoms with E-state index in [1.807, 2.05) is 54.6 Å². The van der Waals surface area contributed by atoms with Gasteiger partial charge in [0, 0.05) is 21.2 Å². The van der Waals surface area contributed by atoms with Gasteiger partial charge in [-0.15, -0.1) is 12.6 Å². The molecule has 0 amide bonds. The Labute approximate surface area is 180 Å². The third kappa shape index (κ3) is 3.99. The average molecular weight is 444 g/mol. The summed E-state index contributed by atoms with van der Waals surface area (Å²) in [6.45, 7) is 1.74. The van der Waals surface area contributed by atoms with E-state index in [0.717, 1.165) is 16.8 Å². The van der Waals surface area contributed by atoms with E-state index in [1.165, 1.54) is 12.1 Å². The second-order valence-electron chi connectivity index (χ2n) is 6.68. The van der Waals surface area contributed by atoms with Gasteiger partial charge in [0.25, 0.3) is 10.0 Å². The van der Waals surface area contributed by atoms with Crippen molar-refractivity contribution in [1.29, 1.82) is 0 Å². The zero-order valence-electron chi connectivity index (χ0n) is 15.4. The molecule has 0 radical (unpaired) electrons. The Morgan fingerprint density at radius 3 is 2.52 bits per heavy atom. The van der Waals surface area contributed by atoms with Gasteiger partial charge in [-0.1, -0.05) is 60.1 Å². The minimum absolute atomic E-state index is 0.0438. The van der Waals surface area contributed by atoms with Gasteiger partial charge in [0.05, 0.1) is 0 Å². The molecule has 0 bridgehead atoms. The zero-order valence-corrected chi connectivity index (χ0v) is 17.9. The lowest BCUT2D eigenvalue weighted by atomic mass is 9.97. The minimum atomic E-state index is -3.92. The molecule has 0 aromatic heterocycles. The molecule has 0 aliphatic carbocycles. The summed E-state index contributed by atoms with van der Waals surface area (Å²) in [6, 6.07) is 20.1. The summed E-state index contributed by atoms with van der Waals surface area (Å²) in [4.78, 5) is 4.95. The molecule has 5 nitrogen and oxygen atoms in total. The van der Waals surface area contributed by atoms with E-state index in [9.17, 15) is 8.42 Å². The summed E-state index contributed by atoms with van der Waals surface area (Å²) in [5.41, 5.74) is 3.39. The molecular formula is C21H18ClN3O2S2. The number of fused-ring (bicyclic) bond motifs is 1. The number of rotatable bonds is 3. The van der Waals surface area contributed by atoms with E-state index in [4.69, 9.17) is 11.6 Å². The van der Waals surface area contributed by atoms with Gasteiger partial charge in [0.15, 0.2) is 0 Å². The molecule has 0 saturated carbocycles. The Morgan fingerprint density at radius 2 is 1.76 bits per heavy atom. The van der Waals surface area contributed by atoms with Crippen LogP contribution in [0.25, 0.3) is 0 Å². The lowest BCUT2D eigenvalue weighted by Gasteiger charge is -2.26. The fraction of sp³-hybridized carbons (Fsp3) is 0.0952. The number of thiol groups is 1. The van der Waals surface area contributed by atoms with Crippen molar-refractivity contribution >= 4 is 45.9 Å². The van der Waals surface area contributed by atoms with Crippen molar-refractivity contribution < 1.29 is 8.42 Å². The molecular weight excluding hydrogens is 426 g/mol. The largest absolute Gasteiger partial charge is 0.325 e. The third-order valence-electron chi connectivity index (χ3n) is 4.64. The number of aliphatic imine (C=N–C) groups is 1. The Kier molecular flexibility index (Phi) is 5.29. The van der Waals surface area contributed by atoms with Crippen molar-refractivity contribution in [2.45, 2.75) is 22.8 Å². The van der Waals surface area contributed by atoms with Gasteiger partial charge in [-0.3, -0.25) is 0 Å². The van der Waals surface area contributed by atoms with Gasteiger partial charge in [0.2, 0.25) is 5.96 Å². The molecule has 1 atom stereocenters. The fourth-order valence-corrected chi connectivity index (χ4v) is 5.12. The second-order valence-corrected chi connectivity index (χ2v) is 9.22. The Bertz CT molecular complexity index is 1210. The van der Waals surface area contributed by atoms with E-state index in [-0.39, 0.29) is 21.8 Å². The van der Waals surface area contributed by atoms with Crippen molar-refractivity contribution in [2.24, 2.45) is 4.99 Å². The highest BCUT2D eigenvalue weighted by molar-refractivity contribution is 7.91. The number of nitrogens with zero attached hydrogens (tertiary/aromatic N) is 1. The first kappa shape index (κ1) is 19.8. The smallest absolute Gasteiger partial charge is 0.265 e. The molecule has 8 heteroatoms. The Morgan fingerprint density at radius 1 is 1.07 bits per heavy atom. The van der Waals surface area contributed by atoms with Crippen LogP contribution in [0.15, 0.2) is 81.5 Å². The maximum atomic E-state index is 13.0. The van der Waals surface area contributed by atoms with Gasteiger partial charge in [0.1, 0.15) is 10.9 Å².